The van der Waals surface area contributed by atoms with E-state index in [1.54, 1.807) is 36.4 Å². The van der Waals surface area contributed by atoms with Gasteiger partial charge in [0.2, 0.25) is 0 Å². The zero-order valence-corrected chi connectivity index (χ0v) is 14.2. The summed E-state index contributed by atoms with van der Waals surface area (Å²) < 4.78 is 18.3. The number of carbonyl (C=O) groups is 2. The second kappa shape index (κ2) is 9.14. The largest absolute Gasteiger partial charge is 0.451 e. The number of halogens is 1. The van der Waals surface area contributed by atoms with Crippen LogP contribution in [0.15, 0.2) is 54.1 Å². The fourth-order valence-electron chi connectivity index (χ4n) is 2.06. The van der Waals surface area contributed by atoms with Crippen LogP contribution in [0.5, 0.6) is 0 Å². The standard InChI is InChI=1S/C20H17FN2O3/c1-14-6-8-15(9-7-14)10-17(11-22)20(25)26-13-19(24)23-12-16-4-2-3-5-18(16)21/h2-10H,12-13H2,1H3,(H,23,24)/b17-10+. The SMILES string of the molecule is Cc1ccc(/C=C(\C#N)C(=O)OCC(=O)NCc2ccccc2F)cc1. The number of ether oxygens (including phenoxy) is 1. The fourth-order valence-corrected chi connectivity index (χ4v) is 2.06. The molecule has 2 aromatic carbocycles. The highest BCUT2D eigenvalue weighted by atomic mass is 19.1. The van der Waals surface area contributed by atoms with Crippen molar-refractivity contribution in [1.29, 1.82) is 5.26 Å². The maximum Gasteiger partial charge on any atom is 0.349 e. The highest BCUT2D eigenvalue weighted by Crippen LogP contribution is 2.10. The number of carbonyl (C=O) groups excluding carboxylic acids is 2. The molecule has 1 N–H and O–H groups in total. The zero-order chi connectivity index (χ0) is 18.9. The number of hydrogen-bond donors (Lipinski definition) is 1. The van der Waals surface area contributed by atoms with Gasteiger partial charge in [-0.1, -0.05) is 48.0 Å². The fraction of sp³-hybridized carbons (Fsp3) is 0.150. The van der Waals surface area contributed by atoms with E-state index in [4.69, 9.17) is 10.00 Å². The van der Waals surface area contributed by atoms with E-state index >= 15 is 0 Å². The monoisotopic (exact) mass is 352 g/mol. The number of benzene rings is 2. The Morgan fingerprint density at radius 3 is 2.54 bits per heavy atom. The number of nitrogens with zero attached hydrogens (tertiary/aromatic N) is 1. The van der Waals surface area contributed by atoms with Crippen LogP contribution in [-0.4, -0.2) is 18.5 Å². The third kappa shape index (κ3) is 5.56. The predicted octanol–water partition coefficient (Wildman–Crippen LogP) is 2.90. The molecule has 2 aromatic rings. The summed E-state index contributed by atoms with van der Waals surface area (Å²) in [6, 6.07) is 15.0. The van der Waals surface area contributed by atoms with Gasteiger partial charge in [0.1, 0.15) is 17.5 Å². The Morgan fingerprint density at radius 2 is 1.88 bits per heavy atom. The minimum atomic E-state index is -0.894. The normalized spacial score (nSPS) is 10.7. The third-order valence-electron chi connectivity index (χ3n) is 3.50. The molecule has 0 saturated heterocycles. The Labute approximate surface area is 150 Å². The molecule has 0 aliphatic rings. The Bertz CT molecular complexity index is 867. The molecule has 5 nitrogen and oxygen atoms in total. The maximum absolute atomic E-state index is 13.5. The highest BCUT2D eigenvalue weighted by Gasteiger charge is 2.13. The molecule has 6 heteroatoms. The second-order valence-electron chi connectivity index (χ2n) is 5.52. The van der Waals surface area contributed by atoms with Crippen LogP contribution in [0.1, 0.15) is 16.7 Å². The molecule has 0 bridgehead atoms. The van der Waals surface area contributed by atoms with Gasteiger partial charge in [0.25, 0.3) is 5.91 Å². The van der Waals surface area contributed by atoms with Gasteiger partial charge in [0.15, 0.2) is 6.61 Å². The summed E-state index contributed by atoms with van der Waals surface area (Å²) in [7, 11) is 0. The summed E-state index contributed by atoms with van der Waals surface area (Å²) in [4.78, 5) is 23.7. The number of nitriles is 1. The van der Waals surface area contributed by atoms with E-state index < -0.39 is 24.3 Å². The van der Waals surface area contributed by atoms with Crippen molar-refractivity contribution < 1.29 is 18.7 Å². The van der Waals surface area contributed by atoms with Crippen LogP contribution in [0, 0.1) is 24.1 Å². The van der Waals surface area contributed by atoms with Gasteiger partial charge in [-0.3, -0.25) is 4.79 Å². The van der Waals surface area contributed by atoms with Gasteiger partial charge in [-0.15, -0.1) is 0 Å². The van der Waals surface area contributed by atoms with Crippen LogP contribution in [-0.2, 0) is 20.9 Å². The lowest BCUT2D eigenvalue weighted by Gasteiger charge is -2.07. The molecule has 0 aromatic heterocycles. The van der Waals surface area contributed by atoms with Crippen LogP contribution in [0.25, 0.3) is 6.08 Å². The third-order valence-corrected chi connectivity index (χ3v) is 3.50. The van der Waals surface area contributed by atoms with Crippen molar-refractivity contribution in [2.45, 2.75) is 13.5 Å². The molecule has 26 heavy (non-hydrogen) atoms. The zero-order valence-electron chi connectivity index (χ0n) is 14.2. The number of hydrogen-bond acceptors (Lipinski definition) is 4. The molecule has 1 amide bonds. The van der Waals surface area contributed by atoms with Crippen molar-refractivity contribution in [3.05, 3.63) is 76.6 Å². The Morgan fingerprint density at radius 1 is 1.19 bits per heavy atom. The Kier molecular flexibility index (Phi) is 6.63. The van der Waals surface area contributed by atoms with E-state index in [0.717, 1.165) is 5.56 Å². The average molecular weight is 352 g/mol. The van der Waals surface area contributed by atoms with Crippen LogP contribution >= 0.6 is 0 Å². The summed E-state index contributed by atoms with van der Waals surface area (Å²) in [5.41, 5.74) is 1.84. The molecule has 0 atom stereocenters. The highest BCUT2D eigenvalue weighted by molar-refractivity contribution is 5.98. The van der Waals surface area contributed by atoms with E-state index in [1.165, 1.54) is 12.1 Å². The van der Waals surface area contributed by atoms with Crippen molar-refractivity contribution in [2.75, 3.05) is 6.61 Å². The van der Waals surface area contributed by atoms with E-state index in [2.05, 4.69) is 5.32 Å². The lowest BCUT2D eigenvalue weighted by Crippen LogP contribution is -2.28. The Hall–Kier alpha value is -3.46. The topological polar surface area (TPSA) is 79.2 Å². The molecule has 0 spiro atoms. The molecular weight excluding hydrogens is 335 g/mol. The van der Waals surface area contributed by atoms with Gasteiger partial charge < -0.3 is 10.1 Å². The van der Waals surface area contributed by atoms with E-state index in [-0.39, 0.29) is 12.1 Å². The van der Waals surface area contributed by atoms with E-state index in [1.807, 2.05) is 19.1 Å². The number of nitrogens with one attached hydrogen (secondary N) is 1. The molecular formula is C20H17FN2O3. The van der Waals surface area contributed by atoms with Gasteiger partial charge in [-0.25, -0.2) is 9.18 Å². The van der Waals surface area contributed by atoms with Gasteiger partial charge in [0, 0.05) is 12.1 Å². The molecule has 0 aliphatic heterocycles. The van der Waals surface area contributed by atoms with Crippen LogP contribution < -0.4 is 5.32 Å². The summed E-state index contributed by atoms with van der Waals surface area (Å²) in [5.74, 6) is -1.92. The second-order valence-corrected chi connectivity index (χ2v) is 5.52. The lowest BCUT2D eigenvalue weighted by atomic mass is 10.1. The minimum absolute atomic E-state index is 0.0205. The first-order chi connectivity index (χ1) is 12.5. The number of rotatable bonds is 6. The maximum atomic E-state index is 13.5. The van der Waals surface area contributed by atoms with Gasteiger partial charge in [-0.2, -0.15) is 5.26 Å². The van der Waals surface area contributed by atoms with Crippen molar-refractivity contribution in [2.24, 2.45) is 0 Å². The van der Waals surface area contributed by atoms with Gasteiger partial charge >= 0.3 is 5.97 Å². The van der Waals surface area contributed by atoms with Crippen LogP contribution in [0.2, 0.25) is 0 Å². The molecule has 0 fully saturated rings. The summed E-state index contributed by atoms with van der Waals surface area (Å²) in [6.07, 6.45) is 1.39. The Balaban J connectivity index is 1.88. The summed E-state index contributed by atoms with van der Waals surface area (Å²) >= 11 is 0. The lowest BCUT2D eigenvalue weighted by molar-refractivity contribution is -0.144. The quantitative estimate of drug-likeness (QED) is 0.492. The predicted molar refractivity (Wildman–Crippen MR) is 94.0 cm³/mol. The molecule has 0 unspecified atom stereocenters. The summed E-state index contributed by atoms with van der Waals surface area (Å²) in [6.45, 7) is 1.35. The molecule has 0 aliphatic carbocycles. The number of esters is 1. The number of aryl methyl sites for hydroxylation is 1. The first-order valence-corrected chi connectivity index (χ1v) is 7.85. The molecule has 0 heterocycles. The molecule has 132 valence electrons. The van der Waals surface area contributed by atoms with Gasteiger partial charge in [0.05, 0.1) is 0 Å². The van der Waals surface area contributed by atoms with Crippen LogP contribution in [0.3, 0.4) is 0 Å². The first kappa shape index (κ1) is 18.9. The summed E-state index contributed by atoms with van der Waals surface area (Å²) in [5, 5.41) is 11.5. The average Bonchev–Trinajstić information content (AvgIpc) is 2.65. The molecule has 0 saturated carbocycles. The van der Waals surface area contributed by atoms with Crippen molar-refractivity contribution in [3.8, 4) is 6.07 Å². The first-order valence-electron chi connectivity index (χ1n) is 7.85. The van der Waals surface area contributed by atoms with Crippen molar-refractivity contribution in [3.63, 3.8) is 0 Å². The van der Waals surface area contributed by atoms with Crippen LogP contribution in [0.4, 0.5) is 4.39 Å². The van der Waals surface area contributed by atoms with E-state index in [9.17, 15) is 14.0 Å². The van der Waals surface area contributed by atoms with E-state index in [0.29, 0.717) is 11.1 Å². The number of amides is 1. The van der Waals surface area contributed by atoms with Gasteiger partial charge in [-0.05, 0) is 24.6 Å². The molecule has 0 radical (unpaired) electrons. The molecule has 2 rings (SSSR count). The smallest absolute Gasteiger partial charge is 0.349 e. The minimum Gasteiger partial charge on any atom is -0.451 e. The van der Waals surface area contributed by atoms with Crippen molar-refractivity contribution >= 4 is 18.0 Å². The van der Waals surface area contributed by atoms with Crippen molar-refractivity contribution in [1.82, 2.24) is 5.32 Å².